The van der Waals surface area contributed by atoms with E-state index < -0.39 is 0 Å². The summed E-state index contributed by atoms with van der Waals surface area (Å²) in [4.78, 5) is 11.0. The van der Waals surface area contributed by atoms with Crippen molar-refractivity contribution in [3.05, 3.63) is 42.1 Å². The van der Waals surface area contributed by atoms with E-state index in [0.717, 1.165) is 23.8 Å². The van der Waals surface area contributed by atoms with Gasteiger partial charge in [-0.1, -0.05) is 24.3 Å². The Labute approximate surface area is 107 Å². The molecule has 4 nitrogen and oxygen atoms in total. The third-order valence-electron chi connectivity index (χ3n) is 2.88. The van der Waals surface area contributed by atoms with Crippen LogP contribution in [0.2, 0.25) is 0 Å². The minimum absolute atomic E-state index is 0.611. The van der Waals surface area contributed by atoms with E-state index in [1.807, 2.05) is 36.2 Å². The van der Waals surface area contributed by atoms with E-state index >= 15 is 0 Å². The van der Waals surface area contributed by atoms with Gasteiger partial charge >= 0.3 is 0 Å². The molecular weight excluding hydrogens is 224 g/mol. The maximum atomic E-state index is 5.55. The number of hydrogen-bond donors (Lipinski definition) is 1. The molecule has 0 radical (unpaired) electrons. The lowest BCUT2D eigenvalue weighted by molar-refractivity contribution is 0.865. The van der Waals surface area contributed by atoms with E-state index in [0.29, 0.717) is 6.54 Å². The second kappa shape index (κ2) is 5.60. The first-order valence-electron chi connectivity index (χ1n) is 6.02. The van der Waals surface area contributed by atoms with Gasteiger partial charge in [-0.15, -0.1) is 0 Å². The molecule has 0 saturated carbocycles. The third-order valence-corrected chi connectivity index (χ3v) is 2.88. The quantitative estimate of drug-likeness (QED) is 0.889. The van der Waals surface area contributed by atoms with Crippen molar-refractivity contribution in [2.24, 2.45) is 5.73 Å². The van der Waals surface area contributed by atoms with Crippen molar-refractivity contribution in [2.45, 2.75) is 6.92 Å². The monoisotopic (exact) mass is 242 g/mol. The van der Waals surface area contributed by atoms with Gasteiger partial charge in [0.25, 0.3) is 0 Å². The SMILES string of the molecule is Cc1ccccc1-c1nccc(N(C)CCN)n1. The van der Waals surface area contributed by atoms with Crippen LogP contribution < -0.4 is 10.6 Å². The number of likely N-dealkylation sites (N-methyl/N-ethyl adjacent to an activating group) is 1. The normalized spacial score (nSPS) is 10.4. The lowest BCUT2D eigenvalue weighted by Crippen LogP contribution is -2.25. The highest BCUT2D eigenvalue weighted by atomic mass is 15.2. The molecule has 0 unspecified atom stereocenters. The molecule has 1 aromatic heterocycles. The molecular formula is C14H18N4. The van der Waals surface area contributed by atoms with E-state index in [-0.39, 0.29) is 0 Å². The molecule has 0 aliphatic rings. The van der Waals surface area contributed by atoms with E-state index in [4.69, 9.17) is 5.73 Å². The zero-order chi connectivity index (χ0) is 13.0. The van der Waals surface area contributed by atoms with Crippen LogP contribution in [0.5, 0.6) is 0 Å². The smallest absolute Gasteiger partial charge is 0.161 e. The summed E-state index contributed by atoms with van der Waals surface area (Å²) in [6, 6.07) is 10.0. The van der Waals surface area contributed by atoms with Crippen LogP contribution in [0, 0.1) is 6.92 Å². The van der Waals surface area contributed by atoms with Gasteiger partial charge in [0.05, 0.1) is 0 Å². The van der Waals surface area contributed by atoms with Crippen LogP contribution >= 0.6 is 0 Å². The van der Waals surface area contributed by atoms with Gasteiger partial charge in [-0.3, -0.25) is 0 Å². The van der Waals surface area contributed by atoms with Crippen molar-refractivity contribution in [3.8, 4) is 11.4 Å². The zero-order valence-electron chi connectivity index (χ0n) is 10.8. The molecule has 0 aliphatic heterocycles. The Morgan fingerprint density at radius 3 is 2.72 bits per heavy atom. The molecule has 4 heteroatoms. The summed E-state index contributed by atoms with van der Waals surface area (Å²) in [6.45, 7) is 3.46. The number of nitrogens with two attached hydrogens (primary N) is 1. The number of anilines is 1. The highest BCUT2D eigenvalue weighted by Gasteiger charge is 2.07. The fourth-order valence-corrected chi connectivity index (χ4v) is 1.82. The Balaban J connectivity index is 2.36. The second-order valence-electron chi connectivity index (χ2n) is 4.26. The summed E-state index contributed by atoms with van der Waals surface area (Å²) < 4.78 is 0. The molecule has 1 heterocycles. The van der Waals surface area contributed by atoms with Crippen LogP contribution in [0.25, 0.3) is 11.4 Å². The predicted octanol–water partition coefficient (Wildman–Crippen LogP) is 1.85. The number of nitrogens with zero attached hydrogens (tertiary/aromatic N) is 3. The van der Waals surface area contributed by atoms with Gasteiger partial charge < -0.3 is 10.6 Å². The number of aryl methyl sites for hydroxylation is 1. The van der Waals surface area contributed by atoms with Crippen LogP contribution in [0.1, 0.15) is 5.56 Å². The molecule has 18 heavy (non-hydrogen) atoms. The minimum atomic E-state index is 0.611. The Morgan fingerprint density at radius 1 is 1.22 bits per heavy atom. The Morgan fingerprint density at radius 2 is 2.00 bits per heavy atom. The van der Waals surface area contributed by atoms with Crippen molar-refractivity contribution in [2.75, 3.05) is 25.0 Å². The standard InChI is InChI=1S/C14H18N4/c1-11-5-3-4-6-12(11)14-16-9-7-13(17-14)18(2)10-8-15/h3-7,9H,8,10,15H2,1-2H3. The van der Waals surface area contributed by atoms with Gasteiger partial charge in [0.2, 0.25) is 0 Å². The molecule has 0 aliphatic carbocycles. The van der Waals surface area contributed by atoms with Crippen LogP contribution in [-0.4, -0.2) is 30.1 Å². The van der Waals surface area contributed by atoms with Crippen LogP contribution in [0.15, 0.2) is 36.5 Å². The number of rotatable bonds is 4. The maximum Gasteiger partial charge on any atom is 0.161 e. The average molecular weight is 242 g/mol. The minimum Gasteiger partial charge on any atom is -0.358 e. The Kier molecular flexibility index (Phi) is 3.89. The number of aromatic nitrogens is 2. The summed E-state index contributed by atoms with van der Waals surface area (Å²) in [5.41, 5.74) is 7.80. The summed E-state index contributed by atoms with van der Waals surface area (Å²) in [7, 11) is 1.98. The van der Waals surface area contributed by atoms with Gasteiger partial charge in [-0.2, -0.15) is 0 Å². The topological polar surface area (TPSA) is 55.0 Å². The number of benzene rings is 1. The molecule has 2 N–H and O–H groups in total. The first-order valence-corrected chi connectivity index (χ1v) is 6.02. The molecule has 0 saturated heterocycles. The lowest BCUT2D eigenvalue weighted by Gasteiger charge is -2.17. The van der Waals surface area contributed by atoms with E-state index in [2.05, 4.69) is 23.0 Å². The van der Waals surface area contributed by atoms with Gasteiger partial charge in [0, 0.05) is 31.9 Å². The molecule has 0 bridgehead atoms. The predicted molar refractivity (Wildman–Crippen MR) is 74.5 cm³/mol. The molecule has 1 aromatic carbocycles. The maximum absolute atomic E-state index is 5.55. The van der Waals surface area contributed by atoms with Crippen molar-refractivity contribution in [3.63, 3.8) is 0 Å². The van der Waals surface area contributed by atoms with Crippen LogP contribution in [0.3, 0.4) is 0 Å². The summed E-state index contributed by atoms with van der Waals surface area (Å²) in [6.07, 6.45) is 1.79. The fourth-order valence-electron chi connectivity index (χ4n) is 1.82. The molecule has 0 atom stereocenters. The first kappa shape index (κ1) is 12.5. The van der Waals surface area contributed by atoms with Crippen molar-refractivity contribution in [1.29, 1.82) is 0 Å². The van der Waals surface area contributed by atoms with Crippen molar-refractivity contribution < 1.29 is 0 Å². The zero-order valence-corrected chi connectivity index (χ0v) is 10.8. The summed E-state index contributed by atoms with van der Waals surface area (Å²) in [5.74, 6) is 1.66. The highest BCUT2D eigenvalue weighted by Crippen LogP contribution is 2.20. The third kappa shape index (κ3) is 2.65. The first-order chi connectivity index (χ1) is 8.72. The summed E-state index contributed by atoms with van der Waals surface area (Å²) >= 11 is 0. The van der Waals surface area contributed by atoms with Gasteiger partial charge in [0.1, 0.15) is 5.82 Å². The van der Waals surface area contributed by atoms with Crippen molar-refractivity contribution in [1.82, 2.24) is 9.97 Å². The number of hydrogen-bond acceptors (Lipinski definition) is 4. The Hall–Kier alpha value is -1.94. The van der Waals surface area contributed by atoms with Crippen LogP contribution in [0.4, 0.5) is 5.82 Å². The molecule has 0 amide bonds. The average Bonchev–Trinajstić information content (AvgIpc) is 2.40. The lowest BCUT2D eigenvalue weighted by atomic mass is 10.1. The van der Waals surface area contributed by atoms with Crippen molar-refractivity contribution >= 4 is 5.82 Å². The largest absolute Gasteiger partial charge is 0.358 e. The molecule has 2 rings (SSSR count). The molecule has 0 spiro atoms. The van der Waals surface area contributed by atoms with Gasteiger partial charge in [-0.05, 0) is 18.6 Å². The van der Waals surface area contributed by atoms with E-state index in [1.165, 1.54) is 5.56 Å². The van der Waals surface area contributed by atoms with E-state index in [9.17, 15) is 0 Å². The highest BCUT2D eigenvalue weighted by molar-refractivity contribution is 5.61. The second-order valence-corrected chi connectivity index (χ2v) is 4.26. The molecule has 2 aromatic rings. The summed E-state index contributed by atoms with van der Waals surface area (Å²) in [5, 5.41) is 0. The van der Waals surface area contributed by atoms with Gasteiger partial charge in [0.15, 0.2) is 5.82 Å². The fraction of sp³-hybridized carbons (Fsp3) is 0.286. The molecule has 0 fully saturated rings. The van der Waals surface area contributed by atoms with E-state index in [1.54, 1.807) is 6.20 Å². The Bertz CT molecular complexity index is 525. The van der Waals surface area contributed by atoms with Crippen LogP contribution in [-0.2, 0) is 0 Å². The molecule has 94 valence electrons. The van der Waals surface area contributed by atoms with Gasteiger partial charge in [-0.25, -0.2) is 9.97 Å².